The van der Waals surface area contributed by atoms with Crippen LogP contribution in [0, 0.1) is 11.8 Å². The van der Waals surface area contributed by atoms with Crippen molar-refractivity contribution in [3.8, 4) is 0 Å². The molecule has 1 aromatic rings. The molecule has 4 nitrogen and oxygen atoms in total. The number of nitrogens with zero attached hydrogens (tertiary/aromatic N) is 2. The zero-order valence-corrected chi connectivity index (χ0v) is 18.3. The molecule has 3 fully saturated rings. The monoisotopic (exact) mass is 407 g/mol. The lowest BCUT2D eigenvalue weighted by molar-refractivity contribution is 0.202. The van der Waals surface area contributed by atoms with Gasteiger partial charge in [-0.05, 0) is 80.7 Å². The topological polar surface area (TPSA) is 35.6 Å². The average molecular weight is 408 g/mol. The molecule has 2 atom stereocenters. The Hall–Kier alpha value is -1.81. The van der Waals surface area contributed by atoms with Crippen LogP contribution in [0.1, 0.15) is 62.5 Å². The van der Waals surface area contributed by atoms with Crippen molar-refractivity contribution in [2.24, 2.45) is 11.8 Å². The minimum atomic E-state index is 0.174. The normalized spacial score (nSPS) is 27.3. The molecule has 30 heavy (non-hydrogen) atoms. The molecule has 0 radical (unpaired) electrons. The number of carbonyl (C=O) groups is 1. The highest BCUT2D eigenvalue weighted by Gasteiger charge is 2.39. The largest absolute Gasteiger partial charge is 0.335 e. The van der Waals surface area contributed by atoms with Crippen LogP contribution < -0.4 is 5.32 Å². The Morgan fingerprint density at radius 3 is 2.50 bits per heavy atom. The van der Waals surface area contributed by atoms with Gasteiger partial charge in [-0.15, -0.1) is 0 Å². The summed E-state index contributed by atoms with van der Waals surface area (Å²) in [5.41, 5.74) is 4.30. The molecule has 1 aromatic carbocycles. The van der Waals surface area contributed by atoms with Gasteiger partial charge in [-0.1, -0.05) is 43.2 Å². The second-order valence-corrected chi connectivity index (χ2v) is 9.93. The summed E-state index contributed by atoms with van der Waals surface area (Å²) in [7, 11) is 0. The maximum atomic E-state index is 12.8. The first-order valence-electron chi connectivity index (χ1n) is 12.3. The van der Waals surface area contributed by atoms with Gasteiger partial charge < -0.3 is 15.1 Å². The Kier molecular flexibility index (Phi) is 6.12. The molecule has 1 saturated carbocycles. The molecule has 162 valence electrons. The first-order valence-corrected chi connectivity index (χ1v) is 12.3. The van der Waals surface area contributed by atoms with Crippen molar-refractivity contribution in [3.63, 3.8) is 0 Å². The lowest BCUT2D eigenvalue weighted by Gasteiger charge is -2.26. The van der Waals surface area contributed by atoms with E-state index in [9.17, 15) is 4.79 Å². The van der Waals surface area contributed by atoms with E-state index in [1.54, 1.807) is 0 Å². The number of urea groups is 1. The predicted molar refractivity (Wildman–Crippen MR) is 122 cm³/mol. The Bertz CT molecular complexity index is 759. The highest BCUT2D eigenvalue weighted by Crippen LogP contribution is 2.41. The predicted octanol–water partition coefficient (Wildman–Crippen LogP) is 4.70. The molecule has 4 aliphatic rings. The first-order chi connectivity index (χ1) is 14.8. The van der Waals surface area contributed by atoms with E-state index < -0.39 is 0 Å². The lowest BCUT2D eigenvalue weighted by Crippen LogP contribution is -2.43. The standard InChI is InChI=1S/C26H37N3O/c30-26(27-23-7-1-2-8-23)29-18-22-6-5-9-24(25(22)19-29)21-12-10-20(11-13-21)14-17-28-15-3-4-16-28/h9-13,22-23,25H,1-8,14-19H2,(H,27,30). The fraction of sp³-hybridized carbons (Fsp3) is 0.654. The van der Waals surface area contributed by atoms with Crippen molar-refractivity contribution in [1.29, 1.82) is 0 Å². The molecular formula is C26H37N3O. The second-order valence-electron chi connectivity index (χ2n) is 9.93. The highest BCUT2D eigenvalue weighted by atomic mass is 16.2. The van der Waals surface area contributed by atoms with Crippen LogP contribution in [-0.2, 0) is 6.42 Å². The molecule has 2 amide bonds. The zero-order valence-electron chi connectivity index (χ0n) is 18.3. The van der Waals surface area contributed by atoms with Gasteiger partial charge in [0.25, 0.3) is 0 Å². The molecule has 2 unspecified atom stereocenters. The number of fused-ring (bicyclic) bond motifs is 1. The van der Waals surface area contributed by atoms with E-state index >= 15 is 0 Å². The Morgan fingerprint density at radius 1 is 0.967 bits per heavy atom. The number of carbonyl (C=O) groups excluding carboxylic acids is 1. The van der Waals surface area contributed by atoms with Crippen LogP contribution in [0.4, 0.5) is 4.79 Å². The van der Waals surface area contributed by atoms with Crippen molar-refractivity contribution in [2.45, 2.75) is 63.8 Å². The van der Waals surface area contributed by atoms with Gasteiger partial charge in [0, 0.05) is 31.6 Å². The number of hydrogen-bond acceptors (Lipinski definition) is 2. The van der Waals surface area contributed by atoms with E-state index in [1.165, 1.54) is 68.4 Å². The number of hydrogen-bond donors (Lipinski definition) is 1. The van der Waals surface area contributed by atoms with Crippen LogP contribution in [0.3, 0.4) is 0 Å². The first kappa shape index (κ1) is 20.1. The van der Waals surface area contributed by atoms with Crippen LogP contribution in [0.2, 0.25) is 0 Å². The zero-order chi connectivity index (χ0) is 20.3. The fourth-order valence-corrected chi connectivity index (χ4v) is 6.11. The van der Waals surface area contributed by atoms with Crippen molar-refractivity contribution in [3.05, 3.63) is 41.5 Å². The Labute approximate surface area is 181 Å². The van der Waals surface area contributed by atoms with E-state index in [-0.39, 0.29) is 6.03 Å². The van der Waals surface area contributed by atoms with Gasteiger partial charge in [0.15, 0.2) is 0 Å². The van der Waals surface area contributed by atoms with Gasteiger partial charge in [0.1, 0.15) is 0 Å². The van der Waals surface area contributed by atoms with Gasteiger partial charge in [-0.25, -0.2) is 4.79 Å². The van der Waals surface area contributed by atoms with Crippen LogP contribution >= 0.6 is 0 Å². The van der Waals surface area contributed by atoms with Gasteiger partial charge in [0.2, 0.25) is 0 Å². The third kappa shape index (κ3) is 4.44. The number of rotatable bonds is 5. The van der Waals surface area contributed by atoms with Crippen molar-refractivity contribution >= 4 is 11.6 Å². The van der Waals surface area contributed by atoms with Crippen LogP contribution in [0.25, 0.3) is 5.57 Å². The maximum Gasteiger partial charge on any atom is 0.317 e. The van der Waals surface area contributed by atoms with Crippen LogP contribution in [0.5, 0.6) is 0 Å². The van der Waals surface area contributed by atoms with Crippen molar-refractivity contribution in [2.75, 3.05) is 32.7 Å². The molecule has 2 aliphatic carbocycles. The summed E-state index contributed by atoms with van der Waals surface area (Å²) in [4.78, 5) is 17.5. The highest BCUT2D eigenvalue weighted by molar-refractivity contribution is 5.77. The minimum Gasteiger partial charge on any atom is -0.335 e. The molecule has 4 heteroatoms. The quantitative estimate of drug-likeness (QED) is 0.768. The molecule has 2 heterocycles. The van der Waals surface area contributed by atoms with Crippen LogP contribution in [0.15, 0.2) is 30.3 Å². The van der Waals surface area contributed by atoms with Crippen LogP contribution in [-0.4, -0.2) is 54.6 Å². The van der Waals surface area contributed by atoms with E-state index in [0.29, 0.717) is 17.9 Å². The van der Waals surface area contributed by atoms with E-state index in [1.807, 2.05) is 0 Å². The summed E-state index contributed by atoms with van der Waals surface area (Å²) >= 11 is 0. The van der Waals surface area contributed by atoms with Crippen molar-refractivity contribution in [1.82, 2.24) is 15.1 Å². The molecule has 0 aromatic heterocycles. The van der Waals surface area contributed by atoms with Gasteiger partial charge in [-0.3, -0.25) is 0 Å². The van der Waals surface area contributed by atoms with E-state index in [4.69, 9.17) is 0 Å². The summed E-state index contributed by atoms with van der Waals surface area (Å²) in [6, 6.07) is 9.89. The summed E-state index contributed by atoms with van der Waals surface area (Å²) in [6.07, 6.45) is 13.5. The van der Waals surface area contributed by atoms with E-state index in [2.05, 4.69) is 45.5 Å². The molecular weight excluding hydrogens is 370 g/mol. The molecule has 0 bridgehead atoms. The fourth-order valence-electron chi connectivity index (χ4n) is 6.11. The smallest absolute Gasteiger partial charge is 0.317 e. The number of likely N-dealkylation sites (tertiary alicyclic amines) is 2. The summed E-state index contributed by atoms with van der Waals surface area (Å²) in [6.45, 7) is 5.55. The third-order valence-corrected chi connectivity index (χ3v) is 7.91. The molecule has 1 N–H and O–H groups in total. The Balaban J connectivity index is 1.20. The SMILES string of the molecule is O=C(NC1CCCC1)N1CC2CCC=C(c3ccc(CCN4CCCC4)cc3)C2C1. The number of benzene rings is 1. The Morgan fingerprint density at radius 2 is 1.73 bits per heavy atom. The molecule has 2 saturated heterocycles. The second kappa shape index (κ2) is 9.13. The summed E-state index contributed by atoms with van der Waals surface area (Å²) in [5, 5.41) is 3.29. The number of nitrogens with one attached hydrogen (secondary N) is 1. The van der Waals surface area contributed by atoms with Gasteiger partial charge in [-0.2, -0.15) is 0 Å². The van der Waals surface area contributed by atoms with Crippen molar-refractivity contribution < 1.29 is 4.79 Å². The summed E-state index contributed by atoms with van der Waals surface area (Å²) in [5.74, 6) is 1.12. The van der Waals surface area contributed by atoms with Gasteiger partial charge in [0.05, 0.1) is 0 Å². The number of amides is 2. The number of allylic oxidation sites excluding steroid dienone is 1. The molecule has 0 spiro atoms. The van der Waals surface area contributed by atoms with Gasteiger partial charge >= 0.3 is 6.03 Å². The maximum absolute atomic E-state index is 12.8. The lowest BCUT2D eigenvalue weighted by atomic mass is 9.78. The molecule has 5 rings (SSSR count). The van der Waals surface area contributed by atoms with E-state index in [0.717, 1.165) is 38.8 Å². The molecule has 2 aliphatic heterocycles. The third-order valence-electron chi connectivity index (χ3n) is 7.91. The minimum absolute atomic E-state index is 0.174. The average Bonchev–Trinajstić information content (AvgIpc) is 3.53. The summed E-state index contributed by atoms with van der Waals surface area (Å²) < 4.78 is 0.